The van der Waals surface area contributed by atoms with E-state index in [9.17, 15) is 20.4 Å². The fourth-order valence-electron chi connectivity index (χ4n) is 2.34. The van der Waals surface area contributed by atoms with Crippen LogP contribution in [0, 0.1) is 0 Å². The van der Waals surface area contributed by atoms with E-state index < -0.39 is 37.3 Å². The number of ether oxygens (including phenoxy) is 1. The van der Waals surface area contributed by atoms with Crippen molar-refractivity contribution in [2.24, 2.45) is 0 Å². The normalized spacial score (nSPS) is 33.3. The van der Waals surface area contributed by atoms with E-state index >= 15 is 0 Å². The minimum atomic E-state index is -1.42. The van der Waals surface area contributed by atoms with Crippen molar-refractivity contribution >= 4 is 0 Å². The molecule has 118 valence electrons. The molecule has 0 saturated carbocycles. The van der Waals surface area contributed by atoms with Gasteiger partial charge in [0, 0.05) is 0 Å². The van der Waals surface area contributed by atoms with Crippen molar-refractivity contribution in [1.29, 1.82) is 0 Å². The smallest absolute Gasteiger partial charge is 0.162 e. The minimum Gasteiger partial charge on any atom is -0.394 e. The van der Waals surface area contributed by atoms with Crippen LogP contribution < -0.4 is 0 Å². The highest BCUT2D eigenvalue weighted by atomic mass is 16.7. The van der Waals surface area contributed by atoms with Crippen molar-refractivity contribution in [1.82, 2.24) is 5.06 Å². The van der Waals surface area contributed by atoms with Crippen molar-refractivity contribution in [3.63, 3.8) is 0 Å². The van der Waals surface area contributed by atoms with E-state index in [1.807, 2.05) is 30.3 Å². The molecule has 0 spiro atoms. The van der Waals surface area contributed by atoms with Crippen LogP contribution in [0.15, 0.2) is 30.3 Å². The van der Waals surface area contributed by atoms with Crippen molar-refractivity contribution in [2.45, 2.75) is 37.2 Å². The van der Waals surface area contributed by atoms with Crippen LogP contribution in [0.1, 0.15) is 5.56 Å². The molecule has 1 aromatic carbocycles. The summed E-state index contributed by atoms with van der Waals surface area (Å²) in [5, 5.41) is 40.2. The van der Waals surface area contributed by atoms with Gasteiger partial charge in [-0.15, -0.1) is 0 Å². The standard InChI is InChI=1S/C14H21NO6/c1-20-15(7-9-5-3-2-4-6-9)14-13(19)12(18)11(17)10(8-16)21-14/h2-6,10-14,16-19H,7-8H2,1H3/t10-,11-,12+,13-,14-/m1/s1. The number of benzene rings is 1. The van der Waals surface area contributed by atoms with E-state index in [2.05, 4.69) is 0 Å². The summed E-state index contributed by atoms with van der Waals surface area (Å²) in [6, 6.07) is 9.40. The van der Waals surface area contributed by atoms with Gasteiger partial charge in [0.05, 0.1) is 20.3 Å². The second-order valence-corrected chi connectivity index (χ2v) is 4.96. The largest absolute Gasteiger partial charge is 0.394 e. The zero-order chi connectivity index (χ0) is 15.4. The fourth-order valence-corrected chi connectivity index (χ4v) is 2.34. The number of hydroxylamine groups is 2. The number of hydrogen-bond donors (Lipinski definition) is 4. The predicted octanol–water partition coefficient (Wildman–Crippen LogP) is -1.15. The Kier molecular flexibility index (Phi) is 5.65. The van der Waals surface area contributed by atoms with E-state index in [1.54, 1.807) is 0 Å². The lowest BCUT2D eigenvalue weighted by molar-refractivity contribution is -0.331. The summed E-state index contributed by atoms with van der Waals surface area (Å²) < 4.78 is 5.45. The molecule has 0 aromatic heterocycles. The Morgan fingerprint density at radius 1 is 1.10 bits per heavy atom. The van der Waals surface area contributed by atoms with E-state index in [4.69, 9.17) is 9.57 Å². The van der Waals surface area contributed by atoms with E-state index in [0.29, 0.717) is 6.54 Å². The molecule has 4 N–H and O–H groups in total. The van der Waals surface area contributed by atoms with Gasteiger partial charge in [-0.25, -0.2) is 0 Å². The third kappa shape index (κ3) is 3.58. The quantitative estimate of drug-likeness (QED) is 0.509. The van der Waals surface area contributed by atoms with Crippen LogP contribution in [0.25, 0.3) is 0 Å². The first kappa shape index (κ1) is 16.3. The molecular weight excluding hydrogens is 278 g/mol. The number of rotatable bonds is 5. The van der Waals surface area contributed by atoms with Crippen molar-refractivity contribution < 1.29 is 30.0 Å². The molecule has 0 amide bonds. The summed E-state index contributed by atoms with van der Waals surface area (Å²) in [7, 11) is 1.42. The van der Waals surface area contributed by atoms with Crippen LogP contribution in [0.5, 0.6) is 0 Å². The van der Waals surface area contributed by atoms with Gasteiger partial charge in [-0.1, -0.05) is 30.3 Å². The molecule has 7 heteroatoms. The molecule has 0 radical (unpaired) electrons. The van der Waals surface area contributed by atoms with Gasteiger partial charge in [-0.2, -0.15) is 5.06 Å². The average Bonchev–Trinajstić information content (AvgIpc) is 2.52. The highest BCUT2D eigenvalue weighted by Crippen LogP contribution is 2.24. The molecule has 1 aliphatic heterocycles. The molecule has 1 heterocycles. The van der Waals surface area contributed by atoms with Crippen LogP contribution in [0.3, 0.4) is 0 Å². The lowest BCUT2D eigenvalue weighted by Crippen LogP contribution is -2.62. The number of hydrogen-bond acceptors (Lipinski definition) is 7. The molecule has 0 unspecified atom stereocenters. The highest BCUT2D eigenvalue weighted by molar-refractivity contribution is 5.14. The van der Waals surface area contributed by atoms with Gasteiger partial charge < -0.3 is 25.2 Å². The Bertz CT molecular complexity index is 429. The third-order valence-electron chi connectivity index (χ3n) is 3.57. The second-order valence-electron chi connectivity index (χ2n) is 4.96. The van der Waals surface area contributed by atoms with Crippen LogP contribution in [-0.4, -0.2) is 69.8 Å². The molecule has 1 aromatic rings. The summed E-state index contributed by atoms with van der Waals surface area (Å²) in [4.78, 5) is 5.21. The Labute approximate surface area is 122 Å². The Balaban J connectivity index is 2.12. The monoisotopic (exact) mass is 299 g/mol. The first-order valence-electron chi connectivity index (χ1n) is 6.73. The number of nitrogens with zero attached hydrogens (tertiary/aromatic N) is 1. The SMILES string of the molecule is CON(Cc1ccccc1)[C@@H]1O[C@H](CO)[C@@H](O)[C@H](O)[C@H]1O. The number of aliphatic hydroxyl groups excluding tert-OH is 4. The van der Waals surface area contributed by atoms with Crippen LogP contribution in [0.4, 0.5) is 0 Å². The predicted molar refractivity (Wildman–Crippen MR) is 72.8 cm³/mol. The summed E-state index contributed by atoms with van der Waals surface area (Å²) in [5.41, 5.74) is 0.927. The lowest BCUT2D eigenvalue weighted by Gasteiger charge is -2.43. The molecule has 1 saturated heterocycles. The zero-order valence-electron chi connectivity index (χ0n) is 11.7. The molecule has 2 rings (SSSR count). The second kappa shape index (κ2) is 7.28. The van der Waals surface area contributed by atoms with E-state index in [1.165, 1.54) is 12.2 Å². The van der Waals surface area contributed by atoms with E-state index in [-0.39, 0.29) is 0 Å². The first-order valence-corrected chi connectivity index (χ1v) is 6.73. The lowest BCUT2D eigenvalue weighted by atomic mass is 9.98. The summed E-state index contributed by atoms with van der Waals surface area (Å²) in [6.45, 7) is -0.148. The molecule has 0 bridgehead atoms. The first-order chi connectivity index (χ1) is 10.1. The molecule has 1 fully saturated rings. The Morgan fingerprint density at radius 2 is 1.76 bits per heavy atom. The Morgan fingerprint density at radius 3 is 2.33 bits per heavy atom. The topological polar surface area (TPSA) is 103 Å². The fraction of sp³-hybridized carbons (Fsp3) is 0.571. The molecule has 0 aliphatic carbocycles. The van der Waals surface area contributed by atoms with Crippen LogP contribution >= 0.6 is 0 Å². The van der Waals surface area contributed by atoms with Crippen molar-refractivity contribution in [3.8, 4) is 0 Å². The van der Waals surface area contributed by atoms with Crippen molar-refractivity contribution in [3.05, 3.63) is 35.9 Å². The summed E-state index contributed by atoms with van der Waals surface area (Å²) in [5.74, 6) is 0. The molecule has 5 atom stereocenters. The third-order valence-corrected chi connectivity index (χ3v) is 3.57. The molecule has 21 heavy (non-hydrogen) atoms. The Hall–Kier alpha value is -1.06. The molecule has 1 aliphatic rings. The van der Waals surface area contributed by atoms with Gasteiger partial charge in [-0.05, 0) is 5.56 Å². The average molecular weight is 299 g/mol. The van der Waals surface area contributed by atoms with Crippen LogP contribution in [-0.2, 0) is 16.1 Å². The summed E-state index contributed by atoms with van der Waals surface area (Å²) in [6.07, 6.45) is -6.11. The van der Waals surface area contributed by atoms with Crippen molar-refractivity contribution in [2.75, 3.05) is 13.7 Å². The minimum absolute atomic E-state index is 0.319. The van der Waals surface area contributed by atoms with Gasteiger partial charge in [0.15, 0.2) is 6.23 Å². The van der Waals surface area contributed by atoms with Gasteiger partial charge in [-0.3, -0.25) is 4.84 Å². The maximum atomic E-state index is 10.1. The molecule has 7 nitrogen and oxygen atoms in total. The van der Waals surface area contributed by atoms with Crippen LogP contribution in [0.2, 0.25) is 0 Å². The van der Waals surface area contributed by atoms with Gasteiger partial charge >= 0.3 is 0 Å². The molecular formula is C14H21NO6. The maximum Gasteiger partial charge on any atom is 0.162 e. The van der Waals surface area contributed by atoms with E-state index in [0.717, 1.165) is 5.56 Å². The zero-order valence-corrected chi connectivity index (χ0v) is 11.7. The van der Waals surface area contributed by atoms with Gasteiger partial charge in [0.1, 0.15) is 24.4 Å². The maximum absolute atomic E-state index is 10.1. The summed E-state index contributed by atoms with van der Waals surface area (Å²) >= 11 is 0. The van der Waals surface area contributed by atoms with Gasteiger partial charge in [0.25, 0.3) is 0 Å². The number of aliphatic hydroxyl groups is 4. The highest BCUT2D eigenvalue weighted by Gasteiger charge is 2.46. The van der Waals surface area contributed by atoms with Gasteiger partial charge in [0.2, 0.25) is 0 Å².